The lowest BCUT2D eigenvalue weighted by Gasteiger charge is -2.25. The van der Waals surface area contributed by atoms with Crippen LogP contribution in [0.5, 0.6) is 0 Å². The largest absolute Gasteiger partial charge is 0.385 e. The molecule has 3 nitrogen and oxygen atoms in total. The van der Waals surface area contributed by atoms with Crippen molar-refractivity contribution in [3.8, 4) is 6.07 Å². The molecule has 0 fully saturated rings. The SMILES string of the molecule is COCCC(C)(C)CNc1ccc(C#N)c2ccccc12. The monoisotopic (exact) mass is 282 g/mol. The van der Waals surface area contributed by atoms with Crippen LogP contribution in [0.4, 0.5) is 5.69 Å². The van der Waals surface area contributed by atoms with E-state index in [4.69, 9.17) is 4.74 Å². The molecule has 0 radical (unpaired) electrons. The van der Waals surface area contributed by atoms with Gasteiger partial charge in [0.15, 0.2) is 0 Å². The fourth-order valence-corrected chi connectivity index (χ4v) is 2.35. The topological polar surface area (TPSA) is 45.0 Å². The maximum absolute atomic E-state index is 9.20. The lowest BCUT2D eigenvalue weighted by molar-refractivity contribution is 0.157. The summed E-state index contributed by atoms with van der Waals surface area (Å²) in [5.41, 5.74) is 1.95. The van der Waals surface area contributed by atoms with Crippen LogP contribution in [-0.4, -0.2) is 20.3 Å². The van der Waals surface area contributed by atoms with Crippen molar-refractivity contribution in [3.05, 3.63) is 42.0 Å². The van der Waals surface area contributed by atoms with E-state index < -0.39 is 0 Å². The average Bonchev–Trinajstić information content (AvgIpc) is 2.50. The Labute approximate surface area is 126 Å². The van der Waals surface area contributed by atoms with Gasteiger partial charge in [0.05, 0.1) is 11.6 Å². The van der Waals surface area contributed by atoms with Crippen molar-refractivity contribution in [2.45, 2.75) is 20.3 Å². The van der Waals surface area contributed by atoms with Crippen molar-refractivity contribution >= 4 is 16.5 Å². The van der Waals surface area contributed by atoms with Gasteiger partial charge in [0.2, 0.25) is 0 Å². The number of nitriles is 1. The Kier molecular flexibility index (Phi) is 4.82. The van der Waals surface area contributed by atoms with Gasteiger partial charge in [-0.05, 0) is 24.0 Å². The van der Waals surface area contributed by atoms with Crippen LogP contribution in [-0.2, 0) is 4.74 Å². The van der Waals surface area contributed by atoms with Crippen LogP contribution < -0.4 is 5.32 Å². The fraction of sp³-hybridized carbons (Fsp3) is 0.389. The van der Waals surface area contributed by atoms with Gasteiger partial charge in [-0.2, -0.15) is 5.26 Å². The number of hydrogen-bond acceptors (Lipinski definition) is 3. The van der Waals surface area contributed by atoms with E-state index >= 15 is 0 Å². The molecule has 0 aromatic heterocycles. The number of ether oxygens (including phenoxy) is 1. The van der Waals surface area contributed by atoms with Crippen LogP contribution in [0.15, 0.2) is 36.4 Å². The molecule has 0 bridgehead atoms. The third-order valence-corrected chi connectivity index (χ3v) is 3.78. The number of nitrogens with one attached hydrogen (secondary N) is 1. The Morgan fingerprint density at radius 1 is 1.14 bits per heavy atom. The van der Waals surface area contributed by atoms with Gasteiger partial charge in [-0.1, -0.05) is 38.1 Å². The van der Waals surface area contributed by atoms with Crippen LogP contribution in [0.2, 0.25) is 0 Å². The number of hydrogen-bond donors (Lipinski definition) is 1. The van der Waals surface area contributed by atoms with Gasteiger partial charge < -0.3 is 10.1 Å². The van der Waals surface area contributed by atoms with Crippen LogP contribution in [0, 0.1) is 16.7 Å². The van der Waals surface area contributed by atoms with E-state index in [9.17, 15) is 5.26 Å². The van der Waals surface area contributed by atoms with E-state index in [1.165, 1.54) is 0 Å². The molecule has 0 aliphatic carbocycles. The summed E-state index contributed by atoms with van der Waals surface area (Å²) < 4.78 is 5.17. The number of benzene rings is 2. The van der Waals surface area contributed by atoms with E-state index in [-0.39, 0.29) is 5.41 Å². The summed E-state index contributed by atoms with van der Waals surface area (Å²) in [5, 5.41) is 14.8. The van der Waals surface area contributed by atoms with Crippen molar-refractivity contribution in [1.29, 1.82) is 5.26 Å². The molecule has 0 amide bonds. The minimum absolute atomic E-state index is 0.158. The molecule has 21 heavy (non-hydrogen) atoms. The number of anilines is 1. The molecule has 2 aromatic rings. The first kappa shape index (κ1) is 15.3. The zero-order valence-corrected chi connectivity index (χ0v) is 12.9. The Hall–Kier alpha value is -2.05. The van der Waals surface area contributed by atoms with Crippen molar-refractivity contribution in [3.63, 3.8) is 0 Å². The predicted octanol–water partition coefficient (Wildman–Crippen LogP) is 4.19. The number of nitrogens with zero attached hydrogens (tertiary/aromatic N) is 1. The minimum Gasteiger partial charge on any atom is -0.385 e. The second-order valence-electron chi connectivity index (χ2n) is 6.08. The molecular weight excluding hydrogens is 260 g/mol. The van der Waals surface area contributed by atoms with E-state index in [0.717, 1.165) is 41.6 Å². The highest BCUT2D eigenvalue weighted by Gasteiger charge is 2.17. The van der Waals surface area contributed by atoms with E-state index in [2.05, 4.69) is 31.3 Å². The van der Waals surface area contributed by atoms with Crippen LogP contribution >= 0.6 is 0 Å². The van der Waals surface area contributed by atoms with Crippen LogP contribution in [0.3, 0.4) is 0 Å². The van der Waals surface area contributed by atoms with E-state index in [0.29, 0.717) is 0 Å². The molecule has 3 heteroatoms. The van der Waals surface area contributed by atoms with Gasteiger partial charge in [-0.15, -0.1) is 0 Å². The summed E-state index contributed by atoms with van der Waals surface area (Å²) in [6.45, 7) is 6.09. The molecule has 0 spiro atoms. The molecule has 0 heterocycles. The molecule has 2 rings (SSSR count). The Morgan fingerprint density at radius 2 is 1.86 bits per heavy atom. The number of rotatable bonds is 6. The highest BCUT2D eigenvalue weighted by molar-refractivity contribution is 5.97. The first-order valence-corrected chi connectivity index (χ1v) is 7.22. The summed E-state index contributed by atoms with van der Waals surface area (Å²) >= 11 is 0. The molecule has 0 aliphatic rings. The van der Waals surface area contributed by atoms with Crippen molar-refractivity contribution < 1.29 is 4.74 Å². The zero-order chi connectivity index (χ0) is 15.3. The lowest BCUT2D eigenvalue weighted by atomic mass is 9.89. The van der Waals surface area contributed by atoms with Crippen LogP contribution in [0.25, 0.3) is 10.8 Å². The van der Waals surface area contributed by atoms with Gasteiger partial charge in [0.25, 0.3) is 0 Å². The molecule has 0 atom stereocenters. The maximum Gasteiger partial charge on any atom is 0.0998 e. The molecule has 110 valence electrons. The first-order valence-electron chi connectivity index (χ1n) is 7.22. The van der Waals surface area contributed by atoms with Crippen LogP contribution in [0.1, 0.15) is 25.8 Å². The molecule has 0 aliphatic heterocycles. The fourth-order valence-electron chi connectivity index (χ4n) is 2.35. The number of methoxy groups -OCH3 is 1. The minimum atomic E-state index is 0.158. The van der Waals surface area contributed by atoms with Gasteiger partial charge in [0, 0.05) is 36.7 Å². The normalized spacial score (nSPS) is 11.3. The quantitative estimate of drug-likeness (QED) is 0.864. The molecule has 0 unspecified atom stereocenters. The third-order valence-electron chi connectivity index (χ3n) is 3.78. The summed E-state index contributed by atoms with van der Waals surface area (Å²) in [5.74, 6) is 0. The standard InChI is InChI=1S/C18H22N2O/c1-18(2,10-11-21-3)13-20-17-9-8-14(12-19)15-6-4-5-7-16(15)17/h4-9,20H,10-11,13H2,1-3H3. The smallest absolute Gasteiger partial charge is 0.0998 e. The average molecular weight is 282 g/mol. The Morgan fingerprint density at radius 3 is 2.52 bits per heavy atom. The van der Waals surface area contributed by atoms with Gasteiger partial charge >= 0.3 is 0 Å². The second-order valence-corrected chi connectivity index (χ2v) is 6.08. The molecule has 0 saturated heterocycles. The second kappa shape index (κ2) is 6.60. The van der Waals surface area contributed by atoms with Crippen molar-refractivity contribution in [2.24, 2.45) is 5.41 Å². The Balaban J connectivity index is 2.22. The third kappa shape index (κ3) is 3.74. The first-order chi connectivity index (χ1) is 10.1. The lowest BCUT2D eigenvalue weighted by Crippen LogP contribution is -2.24. The van der Waals surface area contributed by atoms with E-state index in [1.54, 1.807) is 7.11 Å². The van der Waals surface area contributed by atoms with Gasteiger partial charge in [0.1, 0.15) is 0 Å². The molecule has 0 saturated carbocycles. The highest BCUT2D eigenvalue weighted by atomic mass is 16.5. The summed E-state index contributed by atoms with van der Waals surface area (Å²) in [6.07, 6.45) is 1.00. The highest BCUT2D eigenvalue weighted by Crippen LogP contribution is 2.28. The molecule has 2 aromatic carbocycles. The molecule has 1 N–H and O–H groups in total. The summed E-state index contributed by atoms with van der Waals surface area (Å²) in [4.78, 5) is 0. The predicted molar refractivity (Wildman–Crippen MR) is 87.4 cm³/mol. The zero-order valence-electron chi connectivity index (χ0n) is 12.9. The molecular formula is C18H22N2O. The summed E-state index contributed by atoms with van der Waals surface area (Å²) in [7, 11) is 1.73. The van der Waals surface area contributed by atoms with E-state index in [1.807, 2.05) is 30.3 Å². The van der Waals surface area contributed by atoms with Crippen molar-refractivity contribution in [2.75, 3.05) is 25.6 Å². The number of fused-ring (bicyclic) bond motifs is 1. The summed E-state index contributed by atoms with van der Waals surface area (Å²) in [6, 6.07) is 14.2. The van der Waals surface area contributed by atoms with Gasteiger partial charge in [-0.25, -0.2) is 0 Å². The van der Waals surface area contributed by atoms with Crippen molar-refractivity contribution in [1.82, 2.24) is 0 Å². The van der Waals surface area contributed by atoms with Gasteiger partial charge in [-0.3, -0.25) is 0 Å². The Bertz CT molecular complexity index is 656. The maximum atomic E-state index is 9.20.